The highest BCUT2D eigenvalue weighted by molar-refractivity contribution is 5.84. The first-order valence-corrected chi connectivity index (χ1v) is 5.49. The molecule has 17 heavy (non-hydrogen) atoms. The van der Waals surface area contributed by atoms with Crippen molar-refractivity contribution in [2.45, 2.75) is 13.8 Å². The smallest absolute Gasteiger partial charge is 0.308 e. The van der Waals surface area contributed by atoms with Crippen LogP contribution in [0.15, 0.2) is 42.1 Å². The van der Waals surface area contributed by atoms with Gasteiger partial charge in [0.05, 0.1) is 5.69 Å². The average molecular weight is 229 g/mol. The van der Waals surface area contributed by atoms with E-state index >= 15 is 0 Å². The van der Waals surface area contributed by atoms with Crippen LogP contribution in [-0.4, -0.2) is 13.0 Å². The van der Waals surface area contributed by atoms with Crippen LogP contribution in [-0.2, 0) is 9.53 Å². The predicted octanol–water partition coefficient (Wildman–Crippen LogP) is 2.94. The minimum atomic E-state index is -0.299. The van der Waals surface area contributed by atoms with E-state index in [1.807, 2.05) is 55.4 Å². The molecule has 0 radical (unpaired) electrons. The third-order valence-electron chi connectivity index (χ3n) is 2.68. The van der Waals surface area contributed by atoms with E-state index < -0.39 is 0 Å². The van der Waals surface area contributed by atoms with Crippen molar-refractivity contribution in [3.63, 3.8) is 0 Å². The summed E-state index contributed by atoms with van der Waals surface area (Å²) in [4.78, 5) is 13.2. The maximum atomic E-state index is 11.2. The predicted molar refractivity (Wildman–Crippen MR) is 68.3 cm³/mol. The number of esters is 1. The molecular formula is C14H15NO2. The second-order valence-electron chi connectivity index (χ2n) is 4.05. The van der Waals surface area contributed by atoms with Crippen LogP contribution >= 0.6 is 0 Å². The number of rotatable bonds is 1. The third kappa shape index (κ3) is 2.23. The Morgan fingerprint density at radius 1 is 1.29 bits per heavy atom. The molecule has 0 fully saturated rings. The standard InChI is InChI=1S/C14H15NO2/c1-10-8-9-15(3)13-7-5-4-6-12(13)14(10)17-11(2)16/h4-9H,1-3H3. The summed E-state index contributed by atoms with van der Waals surface area (Å²) in [5.41, 5.74) is 2.90. The Balaban J connectivity index is 2.59. The van der Waals surface area contributed by atoms with Gasteiger partial charge in [0.25, 0.3) is 0 Å². The molecule has 1 aliphatic rings. The van der Waals surface area contributed by atoms with E-state index in [0.29, 0.717) is 5.76 Å². The molecule has 1 aromatic carbocycles. The molecular weight excluding hydrogens is 214 g/mol. The molecule has 1 aromatic rings. The highest BCUT2D eigenvalue weighted by Gasteiger charge is 2.17. The summed E-state index contributed by atoms with van der Waals surface area (Å²) in [5, 5.41) is 0. The summed E-state index contributed by atoms with van der Waals surface area (Å²) in [6.07, 6.45) is 3.91. The van der Waals surface area contributed by atoms with E-state index in [1.54, 1.807) is 0 Å². The minimum absolute atomic E-state index is 0.299. The van der Waals surface area contributed by atoms with Gasteiger partial charge in [-0.3, -0.25) is 4.79 Å². The van der Waals surface area contributed by atoms with E-state index in [0.717, 1.165) is 16.8 Å². The van der Waals surface area contributed by atoms with Crippen LogP contribution in [0.5, 0.6) is 0 Å². The molecule has 0 atom stereocenters. The van der Waals surface area contributed by atoms with Crippen molar-refractivity contribution in [2.75, 3.05) is 11.9 Å². The molecule has 0 aliphatic carbocycles. The molecule has 1 heterocycles. The van der Waals surface area contributed by atoms with Gasteiger partial charge in [-0.25, -0.2) is 0 Å². The maximum absolute atomic E-state index is 11.2. The number of fused-ring (bicyclic) bond motifs is 1. The second-order valence-corrected chi connectivity index (χ2v) is 4.05. The number of hydrogen-bond acceptors (Lipinski definition) is 3. The molecule has 0 amide bonds. The third-order valence-corrected chi connectivity index (χ3v) is 2.68. The number of hydrogen-bond donors (Lipinski definition) is 0. The van der Waals surface area contributed by atoms with Crippen molar-refractivity contribution in [3.8, 4) is 0 Å². The van der Waals surface area contributed by atoms with Crippen LogP contribution in [0.25, 0.3) is 5.76 Å². The van der Waals surface area contributed by atoms with Crippen LogP contribution in [0.1, 0.15) is 19.4 Å². The Hall–Kier alpha value is -2.03. The van der Waals surface area contributed by atoms with Crippen LogP contribution in [0, 0.1) is 0 Å². The normalized spacial score (nSPS) is 14.4. The monoisotopic (exact) mass is 229 g/mol. The summed E-state index contributed by atoms with van der Waals surface area (Å²) >= 11 is 0. The van der Waals surface area contributed by atoms with E-state index in [-0.39, 0.29) is 5.97 Å². The Morgan fingerprint density at radius 2 is 2.00 bits per heavy atom. The molecule has 0 saturated carbocycles. The number of nitrogens with zero attached hydrogens (tertiary/aromatic N) is 1. The van der Waals surface area contributed by atoms with Gasteiger partial charge >= 0.3 is 5.97 Å². The number of ether oxygens (including phenoxy) is 1. The summed E-state index contributed by atoms with van der Waals surface area (Å²) in [5.74, 6) is 0.334. The van der Waals surface area contributed by atoms with Gasteiger partial charge in [-0.15, -0.1) is 0 Å². The largest absolute Gasteiger partial charge is 0.426 e. The molecule has 1 aliphatic heterocycles. The Bertz CT molecular complexity index is 515. The lowest BCUT2D eigenvalue weighted by Gasteiger charge is -2.17. The van der Waals surface area contributed by atoms with Crippen molar-refractivity contribution in [2.24, 2.45) is 0 Å². The number of benzene rings is 1. The Labute approximate surface area is 101 Å². The number of para-hydroxylation sites is 1. The van der Waals surface area contributed by atoms with Crippen molar-refractivity contribution < 1.29 is 9.53 Å². The van der Waals surface area contributed by atoms with Gasteiger partial charge in [-0.05, 0) is 30.7 Å². The van der Waals surface area contributed by atoms with Crippen LogP contribution < -0.4 is 4.90 Å². The molecule has 3 heteroatoms. The minimum Gasteiger partial charge on any atom is -0.426 e. The van der Waals surface area contributed by atoms with Gasteiger partial charge in [-0.2, -0.15) is 0 Å². The summed E-state index contributed by atoms with van der Waals surface area (Å²) < 4.78 is 5.32. The first-order chi connectivity index (χ1) is 8.09. The molecule has 2 rings (SSSR count). The number of anilines is 1. The fourth-order valence-corrected chi connectivity index (χ4v) is 1.84. The van der Waals surface area contributed by atoms with E-state index in [9.17, 15) is 4.79 Å². The van der Waals surface area contributed by atoms with Crippen molar-refractivity contribution in [1.29, 1.82) is 0 Å². The summed E-state index contributed by atoms with van der Waals surface area (Å²) in [6, 6.07) is 7.87. The first kappa shape index (κ1) is 11.5. The van der Waals surface area contributed by atoms with E-state index in [4.69, 9.17) is 4.74 Å². The van der Waals surface area contributed by atoms with Gasteiger partial charge in [-0.1, -0.05) is 12.1 Å². The topological polar surface area (TPSA) is 29.5 Å². The second kappa shape index (κ2) is 4.45. The number of allylic oxidation sites excluding steroid dienone is 2. The molecule has 0 spiro atoms. The first-order valence-electron chi connectivity index (χ1n) is 5.49. The molecule has 0 saturated heterocycles. The molecule has 88 valence electrons. The highest BCUT2D eigenvalue weighted by Crippen LogP contribution is 2.32. The Kier molecular flexibility index (Phi) is 3.00. The molecule has 3 nitrogen and oxygen atoms in total. The van der Waals surface area contributed by atoms with Crippen LogP contribution in [0.3, 0.4) is 0 Å². The van der Waals surface area contributed by atoms with Gasteiger partial charge < -0.3 is 9.64 Å². The zero-order chi connectivity index (χ0) is 12.4. The van der Waals surface area contributed by atoms with Gasteiger partial charge in [0.1, 0.15) is 5.76 Å². The quantitative estimate of drug-likeness (QED) is 0.693. The molecule has 0 N–H and O–H groups in total. The zero-order valence-corrected chi connectivity index (χ0v) is 10.2. The molecule has 0 unspecified atom stereocenters. The van der Waals surface area contributed by atoms with Gasteiger partial charge in [0.2, 0.25) is 0 Å². The fourth-order valence-electron chi connectivity index (χ4n) is 1.84. The van der Waals surface area contributed by atoms with Crippen molar-refractivity contribution in [3.05, 3.63) is 47.7 Å². The lowest BCUT2D eigenvalue weighted by molar-refractivity contribution is -0.134. The fraction of sp³-hybridized carbons (Fsp3) is 0.214. The summed E-state index contributed by atoms with van der Waals surface area (Å²) in [7, 11) is 1.97. The number of carbonyl (C=O) groups is 1. The van der Waals surface area contributed by atoms with E-state index in [1.165, 1.54) is 6.92 Å². The maximum Gasteiger partial charge on any atom is 0.308 e. The lowest BCUT2D eigenvalue weighted by atomic mass is 10.1. The van der Waals surface area contributed by atoms with Gasteiger partial charge in [0, 0.05) is 25.7 Å². The summed E-state index contributed by atoms with van der Waals surface area (Å²) in [6.45, 7) is 3.35. The Morgan fingerprint density at radius 3 is 2.71 bits per heavy atom. The molecule has 0 bridgehead atoms. The van der Waals surface area contributed by atoms with E-state index in [2.05, 4.69) is 0 Å². The van der Waals surface area contributed by atoms with Crippen LogP contribution in [0.2, 0.25) is 0 Å². The molecule has 0 aromatic heterocycles. The van der Waals surface area contributed by atoms with Crippen molar-refractivity contribution >= 4 is 17.4 Å². The highest BCUT2D eigenvalue weighted by atomic mass is 16.5. The van der Waals surface area contributed by atoms with Gasteiger partial charge in [0.15, 0.2) is 0 Å². The van der Waals surface area contributed by atoms with Crippen molar-refractivity contribution in [1.82, 2.24) is 0 Å². The van der Waals surface area contributed by atoms with Crippen LogP contribution in [0.4, 0.5) is 5.69 Å². The average Bonchev–Trinajstić information content (AvgIpc) is 2.42. The lowest BCUT2D eigenvalue weighted by Crippen LogP contribution is -2.09. The SMILES string of the molecule is CC(=O)OC1=C(C)C=CN(C)c2ccccc21. The zero-order valence-electron chi connectivity index (χ0n) is 10.2. The number of carbonyl (C=O) groups excluding carboxylic acids is 1.